The molecular formula is C28H26N4O3. The van der Waals surface area contributed by atoms with Gasteiger partial charge in [0.05, 0.1) is 31.4 Å². The molecule has 3 aromatic carbocycles. The number of carbonyl (C=O) groups is 1. The van der Waals surface area contributed by atoms with Crippen molar-refractivity contribution in [2.45, 2.75) is 6.17 Å². The minimum absolute atomic E-state index is 0.0596. The summed E-state index contributed by atoms with van der Waals surface area (Å²) in [4.78, 5) is 23.1. The molecule has 4 aromatic rings. The van der Waals surface area contributed by atoms with E-state index in [4.69, 9.17) is 14.5 Å². The van der Waals surface area contributed by atoms with E-state index in [0.29, 0.717) is 18.8 Å². The van der Waals surface area contributed by atoms with Crippen molar-refractivity contribution in [1.82, 2.24) is 4.98 Å². The smallest absolute Gasteiger partial charge is 0.262 e. The summed E-state index contributed by atoms with van der Waals surface area (Å²) in [5, 5.41) is 4.67. The van der Waals surface area contributed by atoms with Crippen molar-refractivity contribution in [2.24, 2.45) is 0 Å². The van der Waals surface area contributed by atoms with Crippen molar-refractivity contribution in [2.75, 3.05) is 48.5 Å². The van der Waals surface area contributed by atoms with Crippen LogP contribution < -0.4 is 19.9 Å². The number of hydrogen-bond acceptors (Lipinski definition) is 6. The minimum Gasteiger partial charge on any atom is -0.497 e. The maximum atomic E-state index is 13.9. The number of nitrogens with one attached hydrogen (secondary N) is 1. The van der Waals surface area contributed by atoms with Crippen LogP contribution in [0.1, 0.15) is 22.1 Å². The Bertz CT molecular complexity index is 1380. The van der Waals surface area contributed by atoms with Gasteiger partial charge in [-0.05, 0) is 48.5 Å². The summed E-state index contributed by atoms with van der Waals surface area (Å²) in [6.07, 6.45) is -0.444. The standard InChI is InChI=1S/C28H26N4O3/c1-34-21-12-10-20(11-13-21)32-27(30-25-9-5-3-7-22(25)28(32)33)23-18-19-6-2-4-8-24(19)29-26(23)31-14-16-35-17-15-31/h2-13,18,27,30H,14-17H2,1H3. The summed E-state index contributed by atoms with van der Waals surface area (Å²) in [7, 11) is 1.64. The summed E-state index contributed by atoms with van der Waals surface area (Å²) < 4.78 is 11.0. The number of ether oxygens (including phenoxy) is 2. The second-order valence-corrected chi connectivity index (χ2v) is 8.66. The normalized spacial score (nSPS) is 17.7. The van der Waals surface area contributed by atoms with Gasteiger partial charge in [-0.2, -0.15) is 0 Å². The van der Waals surface area contributed by atoms with Crippen LogP contribution in [-0.2, 0) is 4.74 Å². The highest BCUT2D eigenvalue weighted by Gasteiger charge is 2.36. The van der Waals surface area contributed by atoms with Gasteiger partial charge in [0.2, 0.25) is 0 Å². The van der Waals surface area contributed by atoms with E-state index in [1.54, 1.807) is 7.11 Å². The number of anilines is 3. The molecule has 1 N–H and O–H groups in total. The Hall–Kier alpha value is -4.10. The van der Waals surface area contributed by atoms with Crippen LogP contribution in [-0.4, -0.2) is 44.3 Å². The first kappa shape index (κ1) is 21.4. The van der Waals surface area contributed by atoms with Crippen molar-refractivity contribution in [1.29, 1.82) is 0 Å². The van der Waals surface area contributed by atoms with E-state index in [1.807, 2.05) is 71.6 Å². The maximum Gasteiger partial charge on any atom is 0.262 e. The quantitative estimate of drug-likeness (QED) is 0.464. The van der Waals surface area contributed by atoms with Crippen molar-refractivity contribution in [3.05, 3.63) is 90.0 Å². The summed E-state index contributed by atoms with van der Waals surface area (Å²) in [6, 6.07) is 25.5. The Morgan fingerprint density at radius 2 is 1.71 bits per heavy atom. The zero-order valence-electron chi connectivity index (χ0n) is 19.5. The van der Waals surface area contributed by atoms with E-state index in [9.17, 15) is 4.79 Å². The highest BCUT2D eigenvalue weighted by Crippen LogP contribution is 2.40. The van der Waals surface area contributed by atoms with Crippen molar-refractivity contribution in [3.8, 4) is 5.75 Å². The van der Waals surface area contributed by atoms with Crippen molar-refractivity contribution in [3.63, 3.8) is 0 Å². The number of hydrogen-bond donors (Lipinski definition) is 1. The SMILES string of the molecule is COc1ccc(N2C(=O)c3ccccc3NC2c2cc3ccccc3nc2N2CCOCC2)cc1. The molecule has 1 fully saturated rings. The van der Waals surface area contributed by atoms with Crippen molar-refractivity contribution >= 4 is 34.0 Å². The monoisotopic (exact) mass is 466 g/mol. The molecule has 0 aliphatic carbocycles. The number of methoxy groups -OCH3 is 1. The molecule has 1 saturated heterocycles. The highest BCUT2D eigenvalue weighted by atomic mass is 16.5. The fraction of sp³-hybridized carbons (Fsp3) is 0.214. The van der Waals surface area contributed by atoms with Gasteiger partial charge in [-0.15, -0.1) is 0 Å². The van der Waals surface area contributed by atoms with Gasteiger partial charge >= 0.3 is 0 Å². The average Bonchev–Trinajstić information content (AvgIpc) is 2.93. The van der Waals surface area contributed by atoms with Gasteiger partial charge in [0.15, 0.2) is 0 Å². The second kappa shape index (κ2) is 8.92. The molecule has 0 saturated carbocycles. The molecule has 0 bridgehead atoms. The number of morpholine rings is 1. The molecule has 1 aromatic heterocycles. The van der Waals surface area contributed by atoms with E-state index in [2.05, 4.69) is 22.3 Å². The summed E-state index contributed by atoms with van der Waals surface area (Å²) in [5.74, 6) is 1.55. The van der Waals surface area contributed by atoms with Crippen LogP contribution in [0.15, 0.2) is 78.9 Å². The molecule has 3 heterocycles. The molecule has 35 heavy (non-hydrogen) atoms. The Labute approximate surface area is 203 Å². The third-order valence-corrected chi connectivity index (χ3v) is 6.61. The molecule has 1 unspecified atom stereocenters. The van der Waals surface area contributed by atoms with E-state index in [0.717, 1.165) is 52.5 Å². The van der Waals surface area contributed by atoms with Crippen LogP contribution in [0.3, 0.4) is 0 Å². The van der Waals surface area contributed by atoms with Crippen LogP contribution in [0.25, 0.3) is 10.9 Å². The van der Waals surface area contributed by atoms with E-state index >= 15 is 0 Å². The molecule has 0 radical (unpaired) electrons. The number of pyridine rings is 1. The lowest BCUT2D eigenvalue weighted by Crippen LogP contribution is -2.45. The van der Waals surface area contributed by atoms with Gasteiger partial charge in [0, 0.05) is 35.4 Å². The van der Waals surface area contributed by atoms with Gasteiger partial charge in [-0.1, -0.05) is 30.3 Å². The lowest BCUT2D eigenvalue weighted by atomic mass is 10.0. The molecule has 1 amide bonds. The summed E-state index contributed by atoms with van der Waals surface area (Å²) >= 11 is 0. The Kier molecular flexibility index (Phi) is 5.47. The van der Waals surface area contributed by atoms with Crippen LogP contribution in [0.4, 0.5) is 17.2 Å². The molecule has 7 heteroatoms. The van der Waals surface area contributed by atoms with E-state index in [-0.39, 0.29) is 5.91 Å². The fourth-order valence-electron chi connectivity index (χ4n) is 4.83. The average molecular weight is 467 g/mol. The Morgan fingerprint density at radius 3 is 2.51 bits per heavy atom. The number of benzene rings is 3. The molecule has 2 aliphatic heterocycles. The zero-order chi connectivity index (χ0) is 23.8. The van der Waals surface area contributed by atoms with Gasteiger partial charge in [0.1, 0.15) is 17.7 Å². The van der Waals surface area contributed by atoms with Gasteiger partial charge in [-0.3, -0.25) is 9.69 Å². The third kappa shape index (κ3) is 3.84. The Balaban J connectivity index is 1.55. The first-order valence-corrected chi connectivity index (χ1v) is 11.8. The number of rotatable bonds is 4. The molecular weight excluding hydrogens is 440 g/mol. The lowest BCUT2D eigenvalue weighted by molar-refractivity contribution is 0.0974. The first-order valence-electron chi connectivity index (χ1n) is 11.8. The first-order chi connectivity index (χ1) is 17.2. The van der Waals surface area contributed by atoms with Gasteiger partial charge in [0.25, 0.3) is 5.91 Å². The number of nitrogens with zero attached hydrogens (tertiary/aromatic N) is 3. The number of aromatic nitrogens is 1. The van der Waals surface area contributed by atoms with Crippen molar-refractivity contribution < 1.29 is 14.3 Å². The summed E-state index contributed by atoms with van der Waals surface area (Å²) in [5.41, 5.74) is 4.11. The number of carbonyl (C=O) groups excluding carboxylic acids is 1. The van der Waals surface area contributed by atoms with Crippen LogP contribution in [0.2, 0.25) is 0 Å². The third-order valence-electron chi connectivity index (χ3n) is 6.61. The van der Waals surface area contributed by atoms with E-state index in [1.165, 1.54) is 0 Å². The second-order valence-electron chi connectivity index (χ2n) is 8.66. The number of amides is 1. The molecule has 176 valence electrons. The van der Waals surface area contributed by atoms with Gasteiger partial charge < -0.3 is 19.7 Å². The molecule has 1 atom stereocenters. The molecule has 2 aliphatic rings. The predicted molar refractivity (Wildman–Crippen MR) is 137 cm³/mol. The molecule has 6 rings (SSSR count). The maximum absolute atomic E-state index is 13.9. The fourth-order valence-corrected chi connectivity index (χ4v) is 4.83. The molecule has 7 nitrogen and oxygen atoms in total. The van der Waals surface area contributed by atoms with E-state index < -0.39 is 6.17 Å². The molecule has 0 spiro atoms. The number of para-hydroxylation sites is 2. The van der Waals surface area contributed by atoms with Crippen LogP contribution >= 0.6 is 0 Å². The Morgan fingerprint density at radius 1 is 0.971 bits per heavy atom. The highest BCUT2D eigenvalue weighted by molar-refractivity contribution is 6.12. The largest absolute Gasteiger partial charge is 0.497 e. The minimum atomic E-state index is -0.444. The zero-order valence-corrected chi connectivity index (χ0v) is 19.5. The summed E-state index contributed by atoms with van der Waals surface area (Å²) in [6.45, 7) is 2.79. The topological polar surface area (TPSA) is 66.9 Å². The van der Waals surface area contributed by atoms with Crippen LogP contribution in [0.5, 0.6) is 5.75 Å². The van der Waals surface area contributed by atoms with Crippen LogP contribution in [0, 0.1) is 0 Å². The lowest BCUT2D eigenvalue weighted by Gasteiger charge is -2.40. The predicted octanol–water partition coefficient (Wildman–Crippen LogP) is 4.85. The number of fused-ring (bicyclic) bond motifs is 2. The van der Waals surface area contributed by atoms with Gasteiger partial charge in [-0.25, -0.2) is 4.98 Å².